The quantitative estimate of drug-likeness (QED) is 0.636. The van der Waals surface area contributed by atoms with Crippen molar-refractivity contribution in [2.45, 2.75) is 25.5 Å². The molecule has 5 nitrogen and oxygen atoms in total. The summed E-state index contributed by atoms with van der Waals surface area (Å²) < 4.78 is 2.51. The van der Waals surface area contributed by atoms with E-state index >= 15 is 0 Å². The maximum Gasteiger partial charge on any atom is 0.262 e. The lowest BCUT2D eigenvalue weighted by Crippen LogP contribution is -2.26. The number of fused-ring (bicyclic) bond motifs is 1. The zero-order valence-electron chi connectivity index (χ0n) is 12.7. The van der Waals surface area contributed by atoms with Crippen LogP contribution in [0.3, 0.4) is 0 Å². The van der Waals surface area contributed by atoms with Gasteiger partial charge in [0.2, 0.25) is 5.91 Å². The number of carbonyl (C=O) groups excluding carboxylic acids is 1. The van der Waals surface area contributed by atoms with Crippen molar-refractivity contribution in [3.63, 3.8) is 0 Å². The summed E-state index contributed by atoms with van der Waals surface area (Å²) in [6, 6.07) is 5.45. The summed E-state index contributed by atoms with van der Waals surface area (Å²) in [7, 11) is 1.59. The van der Waals surface area contributed by atoms with Gasteiger partial charge in [-0.1, -0.05) is 41.5 Å². The highest BCUT2D eigenvalue weighted by molar-refractivity contribution is 9.10. The van der Waals surface area contributed by atoms with Gasteiger partial charge in [-0.3, -0.25) is 14.2 Å². The van der Waals surface area contributed by atoms with Gasteiger partial charge in [-0.05, 0) is 24.1 Å². The Morgan fingerprint density at radius 2 is 2.18 bits per heavy atom. The number of amides is 1. The molecule has 0 unspecified atom stereocenters. The summed E-state index contributed by atoms with van der Waals surface area (Å²) >= 11 is 4.67. The fourth-order valence-corrected chi connectivity index (χ4v) is 3.25. The molecule has 22 heavy (non-hydrogen) atoms. The number of nitrogens with zero attached hydrogens (tertiary/aromatic N) is 2. The lowest BCUT2D eigenvalue weighted by molar-refractivity contribution is -0.118. The molecular formula is C15H18BrN3O2S. The molecule has 2 rings (SSSR count). The minimum absolute atomic E-state index is 0.0700. The van der Waals surface area contributed by atoms with Gasteiger partial charge in [0, 0.05) is 18.1 Å². The molecule has 0 fully saturated rings. The molecule has 1 amide bonds. The third-order valence-electron chi connectivity index (χ3n) is 3.04. The number of hydrogen-bond donors (Lipinski definition) is 1. The lowest BCUT2D eigenvalue weighted by Gasteiger charge is -2.14. The molecule has 1 aromatic carbocycles. The van der Waals surface area contributed by atoms with Crippen LogP contribution in [0.5, 0.6) is 0 Å². The Morgan fingerprint density at radius 3 is 2.82 bits per heavy atom. The molecular weight excluding hydrogens is 366 g/mol. The molecule has 0 saturated heterocycles. The van der Waals surface area contributed by atoms with Crippen molar-refractivity contribution in [1.82, 2.24) is 14.9 Å². The Hall–Kier alpha value is -1.34. The van der Waals surface area contributed by atoms with E-state index < -0.39 is 0 Å². The third-order valence-corrected chi connectivity index (χ3v) is 4.51. The van der Waals surface area contributed by atoms with Crippen LogP contribution in [-0.4, -0.2) is 28.3 Å². The Bertz CT molecular complexity index is 758. The van der Waals surface area contributed by atoms with Crippen molar-refractivity contribution in [2.75, 3.05) is 12.8 Å². The fraction of sp³-hybridized carbons (Fsp3) is 0.400. The Morgan fingerprint density at radius 1 is 1.45 bits per heavy atom. The van der Waals surface area contributed by atoms with Crippen LogP contribution in [0, 0.1) is 5.92 Å². The first-order valence-electron chi connectivity index (χ1n) is 6.96. The van der Waals surface area contributed by atoms with Gasteiger partial charge in [-0.25, -0.2) is 4.98 Å². The van der Waals surface area contributed by atoms with Crippen LogP contribution in [0.2, 0.25) is 0 Å². The molecule has 118 valence electrons. The number of nitrogens with one attached hydrogen (secondary N) is 1. The van der Waals surface area contributed by atoms with Gasteiger partial charge >= 0.3 is 0 Å². The molecule has 2 aromatic rings. The van der Waals surface area contributed by atoms with E-state index in [0.717, 1.165) is 4.47 Å². The van der Waals surface area contributed by atoms with Gasteiger partial charge in [0.25, 0.3) is 5.56 Å². The van der Waals surface area contributed by atoms with E-state index in [0.29, 0.717) is 28.5 Å². The standard InChI is InChI=1S/C15H18BrN3O2S/c1-9(2)7-19-14(21)11-6-10(16)4-5-12(11)18-15(19)22-8-13(20)17-3/h4-6,9H,7-8H2,1-3H3,(H,17,20). The largest absolute Gasteiger partial charge is 0.358 e. The van der Waals surface area contributed by atoms with Gasteiger partial charge in [-0.15, -0.1) is 0 Å². The number of rotatable bonds is 5. The van der Waals surface area contributed by atoms with Gasteiger partial charge in [0.05, 0.1) is 16.7 Å². The predicted octanol–water partition coefficient (Wildman–Crippen LogP) is 2.65. The van der Waals surface area contributed by atoms with E-state index in [-0.39, 0.29) is 17.2 Å². The zero-order chi connectivity index (χ0) is 16.3. The number of hydrogen-bond acceptors (Lipinski definition) is 4. The Kier molecular flexibility index (Phi) is 5.63. The first kappa shape index (κ1) is 17.0. The number of thioether (sulfide) groups is 1. The fourth-order valence-electron chi connectivity index (χ4n) is 2.01. The molecule has 0 bridgehead atoms. The van der Waals surface area contributed by atoms with Crippen molar-refractivity contribution >= 4 is 44.5 Å². The zero-order valence-corrected chi connectivity index (χ0v) is 15.1. The number of carbonyl (C=O) groups is 1. The predicted molar refractivity (Wildman–Crippen MR) is 93.3 cm³/mol. The lowest BCUT2D eigenvalue weighted by atomic mass is 10.2. The van der Waals surface area contributed by atoms with E-state index in [1.54, 1.807) is 17.7 Å². The van der Waals surface area contributed by atoms with Crippen molar-refractivity contribution in [3.05, 3.63) is 33.0 Å². The van der Waals surface area contributed by atoms with Crippen LogP contribution in [0.1, 0.15) is 13.8 Å². The summed E-state index contributed by atoms with van der Waals surface area (Å²) in [5, 5.41) is 3.74. The van der Waals surface area contributed by atoms with Gasteiger partial charge in [0.15, 0.2) is 5.16 Å². The number of benzene rings is 1. The molecule has 0 atom stereocenters. The molecule has 0 aliphatic heterocycles. The molecule has 0 spiro atoms. The van der Waals surface area contributed by atoms with Crippen molar-refractivity contribution < 1.29 is 4.79 Å². The molecule has 0 aliphatic carbocycles. The van der Waals surface area contributed by atoms with Gasteiger partial charge in [0.1, 0.15) is 0 Å². The SMILES string of the molecule is CNC(=O)CSc1nc2ccc(Br)cc2c(=O)n1CC(C)C. The second kappa shape index (κ2) is 7.28. The maximum absolute atomic E-state index is 12.7. The Labute approximate surface area is 141 Å². The van der Waals surface area contributed by atoms with Crippen molar-refractivity contribution in [1.29, 1.82) is 0 Å². The molecule has 1 N–H and O–H groups in total. The van der Waals surface area contributed by atoms with Crippen LogP contribution in [0.25, 0.3) is 10.9 Å². The molecule has 7 heteroatoms. The molecule has 0 radical (unpaired) electrons. The highest BCUT2D eigenvalue weighted by atomic mass is 79.9. The topological polar surface area (TPSA) is 64.0 Å². The third kappa shape index (κ3) is 3.89. The van der Waals surface area contributed by atoms with Crippen LogP contribution in [-0.2, 0) is 11.3 Å². The number of aromatic nitrogens is 2. The second-order valence-corrected chi connectivity index (χ2v) is 7.19. The molecule has 0 saturated carbocycles. The first-order valence-corrected chi connectivity index (χ1v) is 8.73. The summed E-state index contributed by atoms with van der Waals surface area (Å²) in [6.07, 6.45) is 0. The summed E-state index contributed by atoms with van der Waals surface area (Å²) in [6.45, 7) is 4.67. The van der Waals surface area contributed by atoms with Crippen LogP contribution in [0.15, 0.2) is 32.6 Å². The normalized spacial score (nSPS) is 11.1. The minimum atomic E-state index is -0.0914. The maximum atomic E-state index is 12.7. The van der Waals surface area contributed by atoms with E-state index in [1.165, 1.54) is 11.8 Å². The van der Waals surface area contributed by atoms with Crippen LogP contribution < -0.4 is 10.9 Å². The average Bonchev–Trinajstić information content (AvgIpc) is 2.48. The van der Waals surface area contributed by atoms with E-state index in [2.05, 4.69) is 26.2 Å². The van der Waals surface area contributed by atoms with E-state index in [1.807, 2.05) is 26.0 Å². The molecule has 1 heterocycles. The first-order chi connectivity index (χ1) is 10.4. The summed E-state index contributed by atoms with van der Waals surface area (Å²) in [5.41, 5.74) is 0.576. The Balaban J connectivity index is 2.54. The van der Waals surface area contributed by atoms with Crippen molar-refractivity contribution in [3.8, 4) is 0 Å². The monoisotopic (exact) mass is 383 g/mol. The average molecular weight is 384 g/mol. The highest BCUT2D eigenvalue weighted by Crippen LogP contribution is 2.21. The smallest absolute Gasteiger partial charge is 0.262 e. The number of halogens is 1. The highest BCUT2D eigenvalue weighted by Gasteiger charge is 2.14. The summed E-state index contributed by atoms with van der Waals surface area (Å²) in [4.78, 5) is 28.8. The van der Waals surface area contributed by atoms with E-state index in [9.17, 15) is 9.59 Å². The van der Waals surface area contributed by atoms with Crippen molar-refractivity contribution in [2.24, 2.45) is 5.92 Å². The minimum Gasteiger partial charge on any atom is -0.358 e. The van der Waals surface area contributed by atoms with Crippen LogP contribution in [0.4, 0.5) is 0 Å². The van der Waals surface area contributed by atoms with Crippen LogP contribution >= 0.6 is 27.7 Å². The molecule has 1 aromatic heterocycles. The molecule has 0 aliphatic rings. The van der Waals surface area contributed by atoms with E-state index in [4.69, 9.17) is 0 Å². The summed E-state index contributed by atoms with van der Waals surface area (Å²) in [5.74, 6) is 0.456. The second-order valence-electron chi connectivity index (χ2n) is 5.33. The van der Waals surface area contributed by atoms with Gasteiger partial charge < -0.3 is 5.32 Å². The van der Waals surface area contributed by atoms with Gasteiger partial charge in [-0.2, -0.15) is 0 Å².